The fraction of sp³-hybridized carbons (Fsp3) is 0.692. The first-order valence-corrected chi connectivity index (χ1v) is 7.63. The van der Waals surface area contributed by atoms with E-state index in [1.807, 2.05) is 25.6 Å². The maximum Gasteiger partial charge on any atom is 0.256 e. The molecule has 1 aromatic heterocycles. The number of hydrogen-bond donors (Lipinski definition) is 2. The zero-order valence-electron chi connectivity index (χ0n) is 11.0. The Balaban J connectivity index is 2.07. The van der Waals surface area contributed by atoms with Crippen molar-refractivity contribution >= 4 is 17.6 Å². The Labute approximate surface area is 112 Å². The molecule has 0 aromatic carbocycles. The summed E-state index contributed by atoms with van der Waals surface area (Å²) in [4.78, 5) is 19.1. The lowest BCUT2D eigenvalue weighted by atomic mass is 10.1. The highest BCUT2D eigenvalue weighted by Gasteiger charge is 2.17. The van der Waals surface area contributed by atoms with Crippen LogP contribution < -0.4 is 11.3 Å². The smallest absolute Gasteiger partial charge is 0.256 e. The van der Waals surface area contributed by atoms with Gasteiger partial charge in [0, 0.05) is 5.25 Å². The van der Waals surface area contributed by atoms with E-state index in [0.29, 0.717) is 17.2 Å². The lowest BCUT2D eigenvalue weighted by Gasteiger charge is -2.11. The number of thioether (sulfide) groups is 1. The zero-order valence-corrected chi connectivity index (χ0v) is 11.8. The first-order valence-electron chi connectivity index (χ1n) is 6.58. The van der Waals surface area contributed by atoms with Crippen LogP contribution in [0.3, 0.4) is 0 Å². The predicted molar refractivity (Wildman–Crippen MR) is 76.9 cm³/mol. The molecule has 0 spiro atoms. The molecule has 0 saturated heterocycles. The molecule has 3 N–H and O–H groups in total. The lowest BCUT2D eigenvalue weighted by Crippen LogP contribution is -2.20. The summed E-state index contributed by atoms with van der Waals surface area (Å²) < 4.78 is 0. The summed E-state index contributed by atoms with van der Waals surface area (Å²) in [5, 5.41) is 0.723. The summed E-state index contributed by atoms with van der Waals surface area (Å²) >= 11 is 1.88. The van der Waals surface area contributed by atoms with E-state index in [1.165, 1.54) is 25.7 Å². The van der Waals surface area contributed by atoms with Gasteiger partial charge in [0.2, 0.25) is 0 Å². The molecule has 100 valence electrons. The van der Waals surface area contributed by atoms with E-state index in [2.05, 4.69) is 9.97 Å². The SMILES string of the molecule is CC(C)c1c(N)nc(CSC2CCCC2)[nH]c1=O. The second kappa shape index (κ2) is 5.78. The van der Waals surface area contributed by atoms with Crippen LogP contribution in [0.25, 0.3) is 0 Å². The molecule has 0 bridgehead atoms. The summed E-state index contributed by atoms with van der Waals surface area (Å²) in [7, 11) is 0. The Morgan fingerprint density at radius 2 is 2.11 bits per heavy atom. The maximum atomic E-state index is 11.9. The van der Waals surface area contributed by atoms with Crippen LogP contribution in [-0.2, 0) is 5.75 Å². The van der Waals surface area contributed by atoms with Crippen molar-refractivity contribution in [3.05, 3.63) is 21.7 Å². The number of H-pyrrole nitrogens is 1. The van der Waals surface area contributed by atoms with Crippen LogP contribution in [-0.4, -0.2) is 15.2 Å². The summed E-state index contributed by atoms with van der Waals surface area (Å²) in [6.45, 7) is 3.91. The van der Waals surface area contributed by atoms with Gasteiger partial charge in [0.05, 0.1) is 11.3 Å². The number of nitrogens with one attached hydrogen (secondary N) is 1. The average molecular weight is 267 g/mol. The van der Waals surface area contributed by atoms with E-state index >= 15 is 0 Å². The van der Waals surface area contributed by atoms with Crippen molar-refractivity contribution in [3.63, 3.8) is 0 Å². The normalized spacial score (nSPS) is 16.6. The van der Waals surface area contributed by atoms with Crippen molar-refractivity contribution in [2.45, 2.75) is 56.5 Å². The highest BCUT2D eigenvalue weighted by atomic mass is 32.2. The molecular formula is C13H21N3OS. The second-order valence-corrected chi connectivity index (χ2v) is 6.47. The molecule has 1 aromatic rings. The number of aromatic amines is 1. The monoisotopic (exact) mass is 267 g/mol. The van der Waals surface area contributed by atoms with Crippen LogP contribution in [0.15, 0.2) is 4.79 Å². The number of hydrogen-bond acceptors (Lipinski definition) is 4. The molecule has 0 atom stereocenters. The van der Waals surface area contributed by atoms with E-state index in [9.17, 15) is 4.79 Å². The summed E-state index contributed by atoms with van der Waals surface area (Å²) in [5.74, 6) is 1.95. The van der Waals surface area contributed by atoms with Gasteiger partial charge in [0.15, 0.2) is 0 Å². The summed E-state index contributed by atoms with van der Waals surface area (Å²) in [6.07, 6.45) is 5.23. The first-order chi connectivity index (χ1) is 8.58. The Kier molecular flexibility index (Phi) is 4.32. The van der Waals surface area contributed by atoms with Gasteiger partial charge >= 0.3 is 0 Å². The highest BCUT2D eigenvalue weighted by molar-refractivity contribution is 7.99. The van der Waals surface area contributed by atoms with Gasteiger partial charge in [0.25, 0.3) is 5.56 Å². The topological polar surface area (TPSA) is 71.8 Å². The van der Waals surface area contributed by atoms with Gasteiger partial charge in [-0.2, -0.15) is 11.8 Å². The van der Waals surface area contributed by atoms with E-state index < -0.39 is 0 Å². The number of nitrogens with zero attached hydrogens (tertiary/aromatic N) is 1. The van der Waals surface area contributed by atoms with E-state index in [1.54, 1.807) is 0 Å². The Bertz CT molecular complexity index is 464. The minimum atomic E-state index is -0.0838. The molecule has 1 fully saturated rings. The van der Waals surface area contributed by atoms with Crippen LogP contribution in [0, 0.1) is 0 Å². The number of rotatable bonds is 4. The molecule has 5 heteroatoms. The molecular weight excluding hydrogens is 246 g/mol. The van der Waals surface area contributed by atoms with Gasteiger partial charge in [-0.1, -0.05) is 26.7 Å². The zero-order chi connectivity index (χ0) is 13.1. The van der Waals surface area contributed by atoms with Crippen molar-refractivity contribution in [3.8, 4) is 0 Å². The Morgan fingerprint density at radius 1 is 1.44 bits per heavy atom. The van der Waals surface area contributed by atoms with E-state index in [-0.39, 0.29) is 11.5 Å². The Hall–Kier alpha value is -0.970. The standard InChI is InChI=1S/C13H21N3OS/c1-8(2)11-12(14)15-10(16-13(11)17)7-18-9-5-3-4-6-9/h8-9H,3-7H2,1-2H3,(H3,14,15,16,17). The maximum absolute atomic E-state index is 11.9. The van der Waals surface area contributed by atoms with Crippen molar-refractivity contribution in [2.75, 3.05) is 5.73 Å². The van der Waals surface area contributed by atoms with Gasteiger partial charge in [0.1, 0.15) is 11.6 Å². The minimum absolute atomic E-state index is 0.0838. The van der Waals surface area contributed by atoms with E-state index in [0.717, 1.165) is 11.0 Å². The number of anilines is 1. The van der Waals surface area contributed by atoms with Crippen LogP contribution >= 0.6 is 11.8 Å². The van der Waals surface area contributed by atoms with Gasteiger partial charge in [-0.05, 0) is 18.8 Å². The fourth-order valence-electron chi connectivity index (χ4n) is 2.43. The Morgan fingerprint density at radius 3 is 2.67 bits per heavy atom. The first kappa shape index (κ1) is 13.5. The quantitative estimate of drug-likeness (QED) is 0.879. The van der Waals surface area contributed by atoms with Gasteiger partial charge in [-0.25, -0.2) is 4.98 Å². The third-order valence-corrected chi connectivity index (χ3v) is 4.75. The number of nitrogen functional groups attached to an aromatic ring is 1. The van der Waals surface area contributed by atoms with Crippen LogP contribution in [0.4, 0.5) is 5.82 Å². The molecule has 1 saturated carbocycles. The van der Waals surface area contributed by atoms with Crippen molar-refractivity contribution < 1.29 is 0 Å². The fourth-order valence-corrected chi connectivity index (χ4v) is 3.62. The van der Waals surface area contributed by atoms with Gasteiger partial charge in [-0.3, -0.25) is 4.79 Å². The molecule has 0 aliphatic heterocycles. The number of aromatic nitrogens is 2. The molecule has 1 heterocycles. The second-order valence-electron chi connectivity index (χ2n) is 5.18. The van der Waals surface area contributed by atoms with Crippen molar-refractivity contribution in [2.24, 2.45) is 0 Å². The largest absolute Gasteiger partial charge is 0.383 e. The predicted octanol–water partition coefficient (Wildman–Crippen LogP) is 2.65. The molecule has 0 unspecified atom stereocenters. The molecule has 2 rings (SSSR count). The van der Waals surface area contributed by atoms with Gasteiger partial charge < -0.3 is 10.7 Å². The third-order valence-electron chi connectivity index (χ3n) is 3.37. The third kappa shape index (κ3) is 3.07. The van der Waals surface area contributed by atoms with Gasteiger partial charge in [-0.15, -0.1) is 0 Å². The highest BCUT2D eigenvalue weighted by Crippen LogP contribution is 2.31. The van der Waals surface area contributed by atoms with Crippen LogP contribution in [0.1, 0.15) is 56.8 Å². The van der Waals surface area contributed by atoms with Crippen molar-refractivity contribution in [1.29, 1.82) is 0 Å². The molecule has 1 aliphatic rings. The summed E-state index contributed by atoms with van der Waals surface area (Å²) in [6, 6.07) is 0. The van der Waals surface area contributed by atoms with E-state index in [4.69, 9.17) is 5.73 Å². The lowest BCUT2D eigenvalue weighted by molar-refractivity contribution is 0.823. The van der Waals surface area contributed by atoms with Crippen molar-refractivity contribution in [1.82, 2.24) is 9.97 Å². The average Bonchev–Trinajstić information content (AvgIpc) is 2.77. The molecule has 4 nitrogen and oxygen atoms in total. The van der Waals surface area contributed by atoms with Crippen LogP contribution in [0.5, 0.6) is 0 Å². The molecule has 0 amide bonds. The minimum Gasteiger partial charge on any atom is -0.383 e. The molecule has 1 aliphatic carbocycles. The number of nitrogens with two attached hydrogens (primary N) is 1. The molecule has 0 radical (unpaired) electrons. The molecule has 18 heavy (non-hydrogen) atoms. The van der Waals surface area contributed by atoms with Crippen LogP contribution in [0.2, 0.25) is 0 Å². The summed E-state index contributed by atoms with van der Waals surface area (Å²) in [5.41, 5.74) is 6.38.